The predicted molar refractivity (Wildman–Crippen MR) is 64.4 cm³/mol. The van der Waals surface area contributed by atoms with Gasteiger partial charge in [-0.1, -0.05) is 20.8 Å². The molecule has 1 aromatic heterocycles. The molecule has 0 atom stereocenters. The van der Waals surface area contributed by atoms with E-state index >= 15 is 0 Å². The minimum atomic E-state index is -0.569. The molecule has 17 heavy (non-hydrogen) atoms. The van der Waals surface area contributed by atoms with Crippen molar-refractivity contribution in [1.82, 2.24) is 9.97 Å². The number of nitrogens with two attached hydrogens (primary N) is 1. The van der Waals surface area contributed by atoms with Crippen LogP contribution in [-0.4, -0.2) is 21.4 Å². The summed E-state index contributed by atoms with van der Waals surface area (Å²) in [6, 6.07) is 0. The predicted octanol–water partition coefficient (Wildman–Crippen LogP) is 1.13. The minimum Gasteiger partial charge on any atom is -0.364 e. The number of anilines is 2. The van der Waals surface area contributed by atoms with Crippen molar-refractivity contribution in [2.45, 2.75) is 20.8 Å². The summed E-state index contributed by atoms with van der Waals surface area (Å²) < 4.78 is 0. The van der Waals surface area contributed by atoms with E-state index in [-0.39, 0.29) is 22.7 Å². The fourth-order valence-electron chi connectivity index (χ4n) is 1.14. The second-order valence-corrected chi connectivity index (χ2v) is 4.74. The standard InChI is InChI=1S/C9H16N6O2/c1-9(2,3)4-11-7-6(15(16)17)8(14-10)13-5-12-7/h5H,4,10H2,1-3H3,(H2,11,12,13,14). The summed E-state index contributed by atoms with van der Waals surface area (Å²) in [6.07, 6.45) is 1.22. The summed E-state index contributed by atoms with van der Waals surface area (Å²) in [6.45, 7) is 6.58. The van der Waals surface area contributed by atoms with Crippen LogP contribution in [0, 0.1) is 15.5 Å². The summed E-state index contributed by atoms with van der Waals surface area (Å²) in [5.74, 6) is 5.31. The molecule has 0 saturated carbocycles. The smallest absolute Gasteiger partial charge is 0.354 e. The van der Waals surface area contributed by atoms with Crippen LogP contribution in [0.2, 0.25) is 0 Å². The van der Waals surface area contributed by atoms with Crippen LogP contribution in [0.4, 0.5) is 17.3 Å². The third kappa shape index (κ3) is 3.52. The third-order valence-electron chi connectivity index (χ3n) is 1.93. The molecular formula is C9H16N6O2. The van der Waals surface area contributed by atoms with Crippen LogP contribution in [0.3, 0.4) is 0 Å². The summed E-state index contributed by atoms with van der Waals surface area (Å²) in [5.41, 5.74) is 1.91. The van der Waals surface area contributed by atoms with Gasteiger partial charge in [0.15, 0.2) is 0 Å². The van der Waals surface area contributed by atoms with Crippen molar-refractivity contribution in [1.29, 1.82) is 0 Å². The Labute approximate surface area is 98.8 Å². The van der Waals surface area contributed by atoms with Crippen molar-refractivity contribution in [3.8, 4) is 0 Å². The SMILES string of the molecule is CC(C)(C)CNc1ncnc(NN)c1[N+](=O)[O-]. The topological polar surface area (TPSA) is 119 Å². The van der Waals surface area contributed by atoms with E-state index in [1.54, 1.807) is 0 Å². The van der Waals surface area contributed by atoms with Gasteiger partial charge in [-0.15, -0.1) is 0 Å². The average molecular weight is 240 g/mol. The minimum absolute atomic E-state index is 0.0126. The van der Waals surface area contributed by atoms with Crippen LogP contribution in [0.15, 0.2) is 6.33 Å². The molecule has 1 aromatic rings. The Hall–Kier alpha value is -1.96. The summed E-state index contributed by atoms with van der Waals surface area (Å²) in [5, 5.41) is 13.8. The molecule has 4 N–H and O–H groups in total. The molecule has 0 saturated heterocycles. The fourth-order valence-corrected chi connectivity index (χ4v) is 1.14. The van der Waals surface area contributed by atoms with Gasteiger partial charge in [0, 0.05) is 6.54 Å². The van der Waals surface area contributed by atoms with Gasteiger partial charge >= 0.3 is 5.69 Å². The monoisotopic (exact) mass is 240 g/mol. The molecule has 8 nitrogen and oxygen atoms in total. The van der Waals surface area contributed by atoms with Gasteiger partial charge in [0.25, 0.3) is 0 Å². The molecule has 0 spiro atoms. The zero-order chi connectivity index (χ0) is 13.1. The molecule has 0 aromatic carbocycles. The van der Waals surface area contributed by atoms with E-state index in [1.807, 2.05) is 20.8 Å². The van der Waals surface area contributed by atoms with Gasteiger partial charge in [0.1, 0.15) is 6.33 Å². The maximum absolute atomic E-state index is 10.9. The number of nitrogens with zero attached hydrogens (tertiary/aromatic N) is 3. The highest BCUT2D eigenvalue weighted by Gasteiger charge is 2.23. The summed E-state index contributed by atoms with van der Waals surface area (Å²) in [7, 11) is 0. The summed E-state index contributed by atoms with van der Waals surface area (Å²) >= 11 is 0. The second-order valence-electron chi connectivity index (χ2n) is 4.74. The first kappa shape index (κ1) is 13.1. The first-order valence-electron chi connectivity index (χ1n) is 5.05. The van der Waals surface area contributed by atoms with E-state index in [4.69, 9.17) is 5.84 Å². The summed E-state index contributed by atoms with van der Waals surface area (Å²) in [4.78, 5) is 17.9. The number of rotatable bonds is 4. The molecule has 1 heterocycles. The molecule has 8 heteroatoms. The Kier molecular flexibility index (Phi) is 3.79. The van der Waals surface area contributed by atoms with Gasteiger partial charge in [0.2, 0.25) is 11.6 Å². The van der Waals surface area contributed by atoms with Crippen molar-refractivity contribution in [2.75, 3.05) is 17.3 Å². The molecule has 0 fully saturated rings. The number of hydrazine groups is 1. The Morgan fingerprint density at radius 1 is 1.41 bits per heavy atom. The van der Waals surface area contributed by atoms with Gasteiger partial charge in [-0.05, 0) is 5.41 Å². The number of nitrogen functional groups attached to an aromatic ring is 1. The van der Waals surface area contributed by atoms with E-state index in [0.29, 0.717) is 6.54 Å². The van der Waals surface area contributed by atoms with Gasteiger partial charge in [-0.2, -0.15) is 0 Å². The lowest BCUT2D eigenvalue weighted by Gasteiger charge is -2.19. The number of aromatic nitrogens is 2. The average Bonchev–Trinajstić information content (AvgIpc) is 2.24. The largest absolute Gasteiger partial charge is 0.364 e. The van der Waals surface area contributed by atoms with E-state index in [0.717, 1.165) is 0 Å². The molecule has 0 bridgehead atoms. The van der Waals surface area contributed by atoms with Crippen molar-refractivity contribution >= 4 is 17.3 Å². The van der Waals surface area contributed by atoms with Crippen molar-refractivity contribution in [2.24, 2.45) is 11.3 Å². The number of nitrogens with one attached hydrogen (secondary N) is 2. The van der Waals surface area contributed by atoms with Crippen LogP contribution in [0.5, 0.6) is 0 Å². The molecule has 94 valence electrons. The molecule has 0 unspecified atom stereocenters. The van der Waals surface area contributed by atoms with Gasteiger partial charge in [-0.3, -0.25) is 10.1 Å². The Bertz CT molecular complexity index is 414. The number of hydrogen-bond acceptors (Lipinski definition) is 7. The highest BCUT2D eigenvalue weighted by atomic mass is 16.6. The van der Waals surface area contributed by atoms with Crippen molar-refractivity contribution < 1.29 is 4.92 Å². The van der Waals surface area contributed by atoms with Gasteiger partial charge in [0.05, 0.1) is 4.92 Å². The highest BCUT2D eigenvalue weighted by Crippen LogP contribution is 2.28. The maximum atomic E-state index is 10.9. The van der Waals surface area contributed by atoms with Gasteiger partial charge < -0.3 is 10.7 Å². The van der Waals surface area contributed by atoms with E-state index in [9.17, 15) is 10.1 Å². The first-order valence-corrected chi connectivity index (χ1v) is 5.05. The van der Waals surface area contributed by atoms with Crippen LogP contribution < -0.4 is 16.6 Å². The number of nitro groups is 1. The Morgan fingerprint density at radius 3 is 2.47 bits per heavy atom. The highest BCUT2D eigenvalue weighted by molar-refractivity contribution is 5.68. The fraction of sp³-hybridized carbons (Fsp3) is 0.556. The zero-order valence-corrected chi connectivity index (χ0v) is 10.0. The second kappa shape index (κ2) is 4.91. The van der Waals surface area contributed by atoms with Crippen LogP contribution in [0.25, 0.3) is 0 Å². The Balaban J connectivity index is 3.02. The van der Waals surface area contributed by atoms with Crippen LogP contribution >= 0.6 is 0 Å². The van der Waals surface area contributed by atoms with Crippen molar-refractivity contribution in [3.63, 3.8) is 0 Å². The van der Waals surface area contributed by atoms with Crippen LogP contribution in [-0.2, 0) is 0 Å². The lowest BCUT2D eigenvalue weighted by atomic mass is 9.97. The first-order chi connectivity index (χ1) is 7.85. The molecule has 0 radical (unpaired) electrons. The molecule has 0 amide bonds. The van der Waals surface area contributed by atoms with E-state index in [1.165, 1.54) is 6.33 Å². The zero-order valence-electron chi connectivity index (χ0n) is 10.0. The van der Waals surface area contributed by atoms with Gasteiger partial charge in [-0.25, -0.2) is 15.8 Å². The van der Waals surface area contributed by atoms with Crippen molar-refractivity contribution in [3.05, 3.63) is 16.4 Å². The Morgan fingerprint density at radius 2 is 2.00 bits per heavy atom. The molecule has 0 aliphatic carbocycles. The normalized spacial score (nSPS) is 11.1. The maximum Gasteiger partial charge on any atom is 0.354 e. The molecule has 1 rings (SSSR count). The molecular weight excluding hydrogens is 224 g/mol. The number of hydrogen-bond donors (Lipinski definition) is 3. The lowest BCUT2D eigenvalue weighted by Crippen LogP contribution is -2.21. The van der Waals surface area contributed by atoms with E-state index < -0.39 is 4.92 Å². The molecule has 0 aliphatic heterocycles. The van der Waals surface area contributed by atoms with Crippen LogP contribution in [0.1, 0.15) is 20.8 Å². The third-order valence-corrected chi connectivity index (χ3v) is 1.93. The van der Waals surface area contributed by atoms with E-state index in [2.05, 4.69) is 20.7 Å². The lowest BCUT2D eigenvalue weighted by molar-refractivity contribution is -0.383. The quantitative estimate of drug-likeness (QED) is 0.410. The molecule has 0 aliphatic rings.